The highest BCUT2D eigenvalue weighted by atomic mass is 16.9. The lowest BCUT2D eigenvalue weighted by Crippen LogP contribution is -2.48. The van der Waals surface area contributed by atoms with Gasteiger partial charge in [0.05, 0.1) is 13.2 Å². The molecule has 3 heterocycles. The van der Waals surface area contributed by atoms with E-state index in [9.17, 15) is 4.79 Å². The summed E-state index contributed by atoms with van der Waals surface area (Å²) in [5, 5.41) is 2.54. The quantitative estimate of drug-likeness (QED) is 0.306. The van der Waals surface area contributed by atoms with Crippen molar-refractivity contribution < 1.29 is 33.2 Å². The zero-order valence-corrected chi connectivity index (χ0v) is 23.1. The number of morpholine rings is 1. The number of carbonyl (C=O) groups excluding carboxylic acids is 1. The molecule has 1 amide bonds. The summed E-state index contributed by atoms with van der Waals surface area (Å²) < 4.78 is 36.4. The van der Waals surface area contributed by atoms with Crippen LogP contribution in [-0.2, 0) is 28.4 Å². The van der Waals surface area contributed by atoms with E-state index in [2.05, 4.69) is 17.1 Å². The summed E-state index contributed by atoms with van der Waals surface area (Å²) in [7, 11) is 1.55. The summed E-state index contributed by atoms with van der Waals surface area (Å²) in [6.45, 7) is 10.5. The van der Waals surface area contributed by atoms with Crippen LogP contribution in [0.2, 0.25) is 0 Å². The van der Waals surface area contributed by atoms with Gasteiger partial charge < -0.3 is 33.7 Å². The van der Waals surface area contributed by atoms with Gasteiger partial charge in [-0.3, -0.25) is 4.90 Å². The summed E-state index contributed by atoms with van der Waals surface area (Å²) in [5.74, 6) is -1.96. The number of hydrogen-bond donors (Lipinski definition) is 1. The molecule has 36 heavy (non-hydrogen) atoms. The lowest BCUT2D eigenvalue weighted by molar-refractivity contribution is -0.279. The standard InChI is InChI=1S/C27H50N2O7/c1-5-6-7-8-9-10-11-12-13-14-17-32-21-27-24(35-26(2,3)36-27)23(33-25(30)28-4)22(34-27)20-29-15-18-31-19-16-29/h22-24H,5-21H2,1-4H3,(H,28,30)/t22-,23+,24-,27-/m0/s1. The number of amides is 1. The van der Waals surface area contributed by atoms with E-state index >= 15 is 0 Å². The molecule has 3 aliphatic heterocycles. The lowest BCUT2D eigenvalue weighted by Gasteiger charge is -2.32. The number of rotatable bonds is 16. The first kappa shape index (κ1) is 29.6. The van der Waals surface area contributed by atoms with Gasteiger partial charge in [-0.15, -0.1) is 0 Å². The Hall–Kier alpha value is -0.970. The number of ether oxygens (including phenoxy) is 6. The molecule has 3 aliphatic rings. The minimum Gasteiger partial charge on any atom is -0.440 e. The van der Waals surface area contributed by atoms with Gasteiger partial charge in [-0.25, -0.2) is 4.79 Å². The number of unbranched alkanes of at least 4 members (excludes halogenated alkanes) is 9. The van der Waals surface area contributed by atoms with Crippen LogP contribution in [0.4, 0.5) is 4.79 Å². The predicted octanol–water partition coefficient (Wildman–Crippen LogP) is 4.23. The molecule has 0 aliphatic carbocycles. The Morgan fingerprint density at radius 1 is 0.972 bits per heavy atom. The van der Waals surface area contributed by atoms with E-state index in [1.165, 1.54) is 51.4 Å². The van der Waals surface area contributed by atoms with Gasteiger partial charge in [0.2, 0.25) is 5.79 Å². The molecule has 0 aromatic rings. The normalized spacial score (nSPS) is 29.8. The Morgan fingerprint density at radius 2 is 1.61 bits per heavy atom. The van der Waals surface area contributed by atoms with Crippen molar-refractivity contribution in [3.05, 3.63) is 0 Å². The number of carbonyl (C=O) groups is 1. The Kier molecular flexibility index (Phi) is 12.2. The van der Waals surface area contributed by atoms with Crippen molar-refractivity contribution >= 4 is 6.09 Å². The summed E-state index contributed by atoms with van der Waals surface area (Å²) in [5.41, 5.74) is 0. The molecule has 0 aromatic heterocycles. The van der Waals surface area contributed by atoms with Crippen LogP contribution in [-0.4, -0.2) is 94.0 Å². The lowest BCUT2D eigenvalue weighted by atomic mass is 10.0. The van der Waals surface area contributed by atoms with Crippen LogP contribution >= 0.6 is 0 Å². The van der Waals surface area contributed by atoms with Crippen LogP contribution in [0.3, 0.4) is 0 Å². The molecule has 3 rings (SSSR count). The highest BCUT2D eigenvalue weighted by molar-refractivity contribution is 5.67. The maximum Gasteiger partial charge on any atom is 0.407 e. The van der Waals surface area contributed by atoms with Gasteiger partial charge in [0.1, 0.15) is 12.7 Å². The maximum atomic E-state index is 12.2. The fourth-order valence-electron chi connectivity index (χ4n) is 5.37. The molecular formula is C27H50N2O7. The first-order valence-electron chi connectivity index (χ1n) is 14.2. The number of alkyl carbamates (subject to hydrolysis) is 1. The van der Waals surface area contributed by atoms with E-state index in [4.69, 9.17) is 28.4 Å². The molecular weight excluding hydrogens is 464 g/mol. The average molecular weight is 515 g/mol. The van der Waals surface area contributed by atoms with Gasteiger partial charge in [0.25, 0.3) is 0 Å². The Bertz CT molecular complexity index is 644. The van der Waals surface area contributed by atoms with Gasteiger partial charge in [0, 0.05) is 33.3 Å². The van der Waals surface area contributed by atoms with E-state index < -0.39 is 29.9 Å². The van der Waals surface area contributed by atoms with E-state index in [-0.39, 0.29) is 12.7 Å². The summed E-state index contributed by atoms with van der Waals surface area (Å²) >= 11 is 0. The van der Waals surface area contributed by atoms with Crippen molar-refractivity contribution in [1.82, 2.24) is 10.2 Å². The number of hydrogen-bond acceptors (Lipinski definition) is 8. The van der Waals surface area contributed by atoms with Gasteiger partial charge in [0.15, 0.2) is 18.0 Å². The monoisotopic (exact) mass is 514 g/mol. The smallest absolute Gasteiger partial charge is 0.407 e. The maximum absolute atomic E-state index is 12.2. The SMILES string of the molecule is CCCCCCCCCCCCOC[C@@]12O[C@@H](CN3CCOCC3)[C@@H](OC(=O)NC)[C@@H]1OC(C)(C)O2. The van der Waals surface area contributed by atoms with Crippen LogP contribution in [0.5, 0.6) is 0 Å². The molecule has 9 heteroatoms. The molecule has 1 N–H and O–H groups in total. The number of nitrogens with zero attached hydrogens (tertiary/aromatic N) is 1. The molecule has 0 aromatic carbocycles. The van der Waals surface area contributed by atoms with Crippen LogP contribution in [0.15, 0.2) is 0 Å². The van der Waals surface area contributed by atoms with Crippen molar-refractivity contribution in [2.45, 2.75) is 115 Å². The van der Waals surface area contributed by atoms with E-state index in [1.54, 1.807) is 7.05 Å². The highest BCUT2D eigenvalue weighted by Crippen LogP contribution is 2.47. The van der Waals surface area contributed by atoms with Crippen LogP contribution < -0.4 is 5.32 Å². The zero-order chi connectivity index (χ0) is 25.9. The van der Waals surface area contributed by atoms with Crippen molar-refractivity contribution in [2.24, 2.45) is 0 Å². The molecule has 9 nitrogen and oxygen atoms in total. The topological polar surface area (TPSA) is 87.7 Å². The third kappa shape index (κ3) is 8.81. The predicted molar refractivity (Wildman–Crippen MR) is 137 cm³/mol. The van der Waals surface area contributed by atoms with Crippen molar-refractivity contribution in [1.29, 1.82) is 0 Å². The highest BCUT2D eigenvalue weighted by Gasteiger charge is 2.66. The largest absolute Gasteiger partial charge is 0.440 e. The third-order valence-electron chi connectivity index (χ3n) is 7.21. The number of nitrogens with one attached hydrogen (secondary N) is 1. The van der Waals surface area contributed by atoms with Crippen LogP contribution in [0, 0.1) is 0 Å². The van der Waals surface area contributed by atoms with Crippen LogP contribution in [0.1, 0.15) is 85.0 Å². The third-order valence-corrected chi connectivity index (χ3v) is 7.21. The first-order valence-corrected chi connectivity index (χ1v) is 14.2. The Balaban J connectivity index is 1.47. The molecule has 0 radical (unpaired) electrons. The summed E-state index contributed by atoms with van der Waals surface area (Å²) in [6, 6.07) is 0. The van der Waals surface area contributed by atoms with Gasteiger partial charge in [-0.05, 0) is 20.3 Å². The summed E-state index contributed by atoms with van der Waals surface area (Å²) in [6.07, 6.45) is 10.8. The van der Waals surface area contributed by atoms with Crippen molar-refractivity contribution in [3.8, 4) is 0 Å². The molecule has 3 saturated heterocycles. The molecule has 210 valence electrons. The van der Waals surface area contributed by atoms with E-state index in [1.807, 2.05) is 13.8 Å². The Labute approximate surface area is 217 Å². The second-order valence-corrected chi connectivity index (χ2v) is 10.8. The van der Waals surface area contributed by atoms with Gasteiger partial charge in [-0.1, -0.05) is 64.7 Å². The van der Waals surface area contributed by atoms with E-state index in [0.29, 0.717) is 26.4 Å². The molecule has 0 spiro atoms. The number of fused-ring (bicyclic) bond motifs is 1. The molecule has 3 fully saturated rings. The van der Waals surface area contributed by atoms with Gasteiger partial charge >= 0.3 is 6.09 Å². The Morgan fingerprint density at radius 3 is 2.25 bits per heavy atom. The molecule has 0 bridgehead atoms. The second kappa shape index (κ2) is 14.8. The molecule has 0 unspecified atom stereocenters. The minimum atomic E-state index is -1.10. The average Bonchev–Trinajstić information content (AvgIpc) is 3.26. The fraction of sp³-hybridized carbons (Fsp3) is 0.963. The molecule has 0 saturated carbocycles. The second-order valence-electron chi connectivity index (χ2n) is 10.8. The molecule has 4 atom stereocenters. The summed E-state index contributed by atoms with van der Waals surface area (Å²) in [4.78, 5) is 14.4. The van der Waals surface area contributed by atoms with E-state index in [0.717, 1.165) is 25.9 Å². The van der Waals surface area contributed by atoms with Gasteiger partial charge in [-0.2, -0.15) is 0 Å². The van der Waals surface area contributed by atoms with Crippen LogP contribution in [0.25, 0.3) is 0 Å². The zero-order valence-electron chi connectivity index (χ0n) is 23.1. The van der Waals surface area contributed by atoms with Crippen molar-refractivity contribution in [3.63, 3.8) is 0 Å². The minimum absolute atomic E-state index is 0.242. The fourth-order valence-corrected chi connectivity index (χ4v) is 5.37. The first-order chi connectivity index (χ1) is 17.4. The van der Waals surface area contributed by atoms with Crippen molar-refractivity contribution in [2.75, 3.05) is 53.1 Å².